The molecule has 0 aliphatic heterocycles. The Bertz CT molecular complexity index is 1110. The maximum absolute atomic E-state index is 12.7. The molecule has 3 aromatic carbocycles. The van der Waals surface area contributed by atoms with Crippen molar-refractivity contribution in [2.24, 2.45) is 0 Å². The summed E-state index contributed by atoms with van der Waals surface area (Å²) >= 11 is 0. The Hall–Kier alpha value is -3.06. The Morgan fingerprint density at radius 2 is 1.69 bits per heavy atom. The van der Waals surface area contributed by atoms with Crippen LogP contribution in [0.2, 0.25) is 0 Å². The van der Waals surface area contributed by atoms with Crippen molar-refractivity contribution >= 4 is 32.4 Å². The molecule has 3 aromatic rings. The molecule has 0 bridgehead atoms. The van der Waals surface area contributed by atoms with Crippen LogP contribution in [0.15, 0.2) is 66.7 Å². The van der Waals surface area contributed by atoms with Crippen LogP contribution >= 0.6 is 0 Å². The third kappa shape index (κ3) is 4.86. The van der Waals surface area contributed by atoms with Gasteiger partial charge in [-0.25, -0.2) is 8.42 Å². The molecular formula is C22H24N2O4S. The van der Waals surface area contributed by atoms with E-state index in [0.29, 0.717) is 18.0 Å². The summed E-state index contributed by atoms with van der Waals surface area (Å²) in [5.74, 6) is 0.231. The average molecular weight is 413 g/mol. The van der Waals surface area contributed by atoms with Crippen LogP contribution in [0, 0.1) is 0 Å². The highest BCUT2D eigenvalue weighted by atomic mass is 32.2. The number of ether oxygens (including phenoxy) is 1. The molecule has 0 fully saturated rings. The van der Waals surface area contributed by atoms with E-state index in [9.17, 15) is 13.2 Å². The van der Waals surface area contributed by atoms with Crippen LogP contribution in [-0.2, 0) is 21.4 Å². The molecule has 0 unspecified atom stereocenters. The molecule has 0 aliphatic carbocycles. The minimum absolute atomic E-state index is 0.314. The Morgan fingerprint density at radius 3 is 2.31 bits per heavy atom. The number of nitrogens with zero attached hydrogens (tertiary/aromatic N) is 1. The molecule has 0 saturated heterocycles. The summed E-state index contributed by atoms with van der Waals surface area (Å²) < 4.78 is 31.0. The van der Waals surface area contributed by atoms with Gasteiger partial charge in [0, 0.05) is 6.54 Å². The fourth-order valence-corrected chi connectivity index (χ4v) is 4.40. The molecule has 6 nitrogen and oxygen atoms in total. The van der Waals surface area contributed by atoms with E-state index in [1.807, 2.05) is 42.5 Å². The third-order valence-electron chi connectivity index (χ3n) is 4.70. The molecular weight excluding hydrogens is 388 g/mol. The topological polar surface area (TPSA) is 75.7 Å². The van der Waals surface area contributed by atoms with Crippen LogP contribution in [0.25, 0.3) is 10.8 Å². The largest absolute Gasteiger partial charge is 0.497 e. The molecule has 7 heteroatoms. The molecule has 0 heterocycles. The normalized spacial score (nSPS) is 12.4. The lowest BCUT2D eigenvalue weighted by Gasteiger charge is -2.28. The first-order chi connectivity index (χ1) is 13.8. The van der Waals surface area contributed by atoms with Gasteiger partial charge in [-0.3, -0.25) is 9.10 Å². The smallest absolute Gasteiger partial charge is 0.243 e. The van der Waals surface area contributed by atoms with Crippen LogP contribution in [-0.4, -0.2) is 33.7 Å². The summed E-state index contributed by atoms with van der Waals surface area (Å²) in [6, 6.07) is 19.6. The number of fused-ring (bicyclic) bond motifs is 1. The van der Waals surface area contributed by atoms with Gasteiger partial charge in [-0.15, -0.1) is 0 Å². The Kier molecular flexibility index (Phi) is 6.08. The molecule has 1 amide bonds. The first kappa shape index (κ1) is 20.7. The number of anilines is 1. The van der Waals surface area contributed by atoms with E-state index in [-0.39, 0.29) is 5.91 Å². The summed E-state index contributed by atoms with van der Waals surface area (Å²) in [4.78, 5) is 12.7. The summed E-state index contributed by atoms with van der Waals surface area (Å²) in [6.07, 6.45) is 1.09. The number of sulfonamides is 1. The van der Waals surface area contributed by atoms with E-state index >= 15 is 0 Å². The van der Waals surface area contributed by atoms with Crippen molar-refractivity contribution in [1.29, 1.82) is 0 Å². The first-order valence-electron chi connectivity index (χ1n) is 9.18. The summed E-state index contributed by atoms with van der Waals surface area (Å²) in [7, 11) is -2.13. The Labute approximate surface area is 171 Å². The molecule has 1 atom stereocenters. The number of benzene rings is 3. The molecule has 0 spiro atoms. The number of carbonyl (C=O) groups is 1. The van der Waals surface area contributed by atoms with E-state index in [1.165, 1.54) is 7.11 Å². The van der Waals surface area contributed by atoms with Crippen LogP contribution in [0.4, 0.5) is 5.69 Å². The molecule has 29 heavy (non-hydrogen) atoms. The average Bonchev–Trinajstić information content (AvgIpc) is 2.71. The Balaban J connectivity index is 1.76. The van der Waals surface area contributed by atoms with Crippen LogP contribution < -0.4 is 14.4 Å². The van der Waals surface area contributed by atoms with E-state index < -0.39 is 16.1 Å². The van der Waals surface area contributed by atoms with Crippen molar-refractivity contribution < 1.29 is 17.9 Å². The summed E-state index contributed by atoms with van der Waals surface area (Å²) in [5, 5.41) is 5.05. The zero-order valence-corrected chi connectivity index (χ0v) is 17.4. The van der Waals surface area contributed by atoms with Gasteiger partial charge >= 0.3 is 0 Å². The third-order valence-corrected chi connectivity index (χ3v) is 5.94. The minimum atomic E-state index is -3.66. The summed E-state index contributed by atoms with van der Waals surface area (Å²) in [5.41, 5.74) is 1.35. The van der Waals surface area contributed by atoms with Crippen LogP contribution in [0.3, 0.4) is 0 Å². The fraction of sp³-hybridized carbons (Fsp3) is 0.227. The number of nitrogens with one attached hydrogen (secondary N) is 1. The quantitative estimate of drug-likeness (QED) is 0.646. The second-order valence-electron chi connectivity index (χ2n) is 6.83. The number of methoxy groups -OCH3 is 1. The standard InChI is InChI=1S/C22H24N2O4S/c1-16(24(29(3,26)27)20-10-12-21(28-2)13-11-20)22(25)23-15-17-8-9-18-6-4-5-7-19(18)14-17/h4-14,16H,15H2,1-3H3,(H,23,25)/t16-/m0/s1. The first-order valence-corrected chi connectivity index (χ1v) is 11.0. The zero-order valence-electron chi connectivity index (χ0n) is 16.6. The van der Waals surface area contributed by atoms with E-state index in [4.69, 9.17) is 4.74 Å². The predicted octanol–water partition coefficient (Wildman–Crippen LogP) is 3.32. The number of carbonyl (C=O) groups excluding carboxylic acids is 1. The molecule has 0 radical (unpaired) electrons. The van der Waals surface area contributed by atoms with Gasteiger partial charge < -0.3 is 10.1 Å². The van der Waals surface area contributed by atoms with Crippen molar-refractivity contribution in [2.75, 3.05) is 17.7 Å². The van der Waals surface area contributed by atoms with Gasteiger partial charge in [-0.2, -0.15) is 0 Å². The van der Waals surface area contributed by atoms with Crippen molar-refractivity contribution in [2.45, 2.75) is 19.5 Å². The van der Waals surface area contributed by atoms with E-state index in [1.54, 1.807) is 31.2 Å². The van der Waals surface area contributed by atoms with Crippen molar-refractivity contribution in [3.8, 4) is 5.75 Å². The monoisotopic (exact) mass is 412 g/mol. The van der Waals surface area contributed by atoms with Gasteiger partial charge in [0.25, 0.3) is 0 Å². The lowest BCUT2D eigenvalue weighted by atomic mass is 10.1. The number of hydrogen-bond donors (Lipinski definition) is 1. The number of hydrogen-bond acceptors (Lipinski definition) is 4. The maximum atomic E-state index is 12.7. The highest BCUT2D eigenvalue weighted by molar-refractivity contribution is 7.92. The minimum Gasteiger partial charge on any atom is -0.497 e. The van der Waals surface area contributed by atoms with Gasteiger partial charge in [0.1, 0.15) is 11.8 Å². The Morgan fingerprint density at radius 1 is 1.03 bits per heavy atom. The van der Waals surface area contributed by atoms with Gasteiger partial charge in [-0.1, -0.05) is 36.4 Å². The fourth-order valence-electron chi connectivity index (χ4n) is 3.22. The van der Waals surface area contributed by atoms with E-state index in [2.05, 4.69) is 5.32 Å². The van der Waals surface area contributed by atoms with Gasteiger partial charge in [0.15, 0.2) is 0 Å². The summed E-state index contributed by atoms with van der Waals surface area (Å²) in [6.45, 7) is 1.88. The molecule has 152 valence electrons. The van der Waals surface area contributed by atoms with Gasteiger partial charge in [0.05, 0.1) is 19.1 Å². The van der Waals surface area contributed by atoms with Crippen molar-refractivity contribution in [1.82, 2.24) is 5.32 Å². The highest BCUT2D eigenvalue weighted by Crippen LogP contribution is 2.24. The number of rotatable bonds is 7. The van der Waals surface area contributed by atoms with Crippen LogP contribution in [0.1, 0.15) is 12.5 Å². The molecule has 1 N–H and O–H groups in total. The van der Waals surface area contributed by atoms with E-state index in [0.717, 1.165) is 26.9 Å². The van der Waals surface area contributed by atoms with Crippen molar-refractivity contribution in [3.05, 3.63) is 72.3 Å². The molecule has 0 saturated carbocycles. The van der Waals surface area contributed by atoms with Crippen LogP contribution in [0.5, 0.6) is 5.75 Å². The van der Waals surface area contributed by atoms with Crippen molar-refractivity contribution in [3.63, 3.8) is 0 Å². The SMILES string of the molecule is COc1ccc(N([C@@H](C)C(=O)NCc2ccc3ccccc3c2)S(C)(=O)=O)cc1. The number of amides is 1. The van der Waals surface area contributed by atoms with Gasteiger partial charge in [0.2, 0.25) is 15.9 Å². The lowest BCUT2D eigenvalue weighted by molar-refractivity contribution is -0.122. The lowest BCUT2D eigenvalue weighted by Crippen LogP contribution is -2.47. The molecule has 0 aromatic heterocycles. The molecule has 3 rings (SSSR count). The predicted molar refractivity (Wildman–Crippen MR) is 116 cm³/mol. The second-order valence-corrected chi connectivity index (χ2v) is 8.69. The molecule has 0 aliphatic rings. The van der Waals surface area contributed by atoms with Gasteiger partial charge in [-0.05, 0) is 53.6 Å². The highest BCUT2D eigenvalue weighted by Gasteiger charge is 2.29. The zero-order chi connectivity index (χ0) is 21.0. The second kappa shape index (κ2) is 8.53. The maximum Gasteiger partial charge on any atom is 0.243 e.